The molecule has 0 aromatic heterocycles. The van der Waals surface area contributed by atoms with E-state index in [4.69, 9.17) is 0 Å². The van der Waals surface area contributed by atoms with Gasteiger partial charge in [0.25, 0.3) is 0 Å². The zero-order chi connectivity index (χ0) is 8.27. The van der Waals surface area contributed by atoms with E-state index in [0.29, 0.717) is 5.92 Å². The zero-order valence-corrected chi connectivity index (χ0v) is 8.32. The highest BCUT2D eigenvalue weighted by atomic mass is 32.2. The van der Waals surface area contributed by atoms with E-state index in [1.54, 1.807) is 0 Å². The Hall–Kier alpha value is -0.170. The summed E-state index contributed by atoms with van der Waals surface area (Å²) in [6.45, 7) is 4.49. The second kappa shape index (κ2) is 4.01. The Morgan fingerprint density at radius 3 is 2.64 bits per heavy atom. The molecule has 0 saturated heterocycles. The van der Waals surface area contributed by atoms with Crippen molar-refractivity contribution in [3.8, 4) is 0 Å². The normalized spacial score (nSPS) is 24.0. The van der Waals surface area contributed by atoms with Crippen molar-refractivity contribution in [2.24, 2.45) is 5.92 Å². The van der Waals surface area contributed by atoms with Crippen molar-refractivity contribution in [2.45, 2.75) is 25.5 Å². The largest absolute Gasteiger partial charge is 0.158 e. The molecule has 0 aromatic rings. The Kier molecular flexibility index (Phi) is 3.25. The highest BCUT2D eigenvalue weighted by molar-refractivity contribution is 7.99. The molecule has 0 aliphatic heterocycles. The standard InChI is InChI=1S/C10H16S/c1-8(2)9-4-6-10(11-3)7-5-9/h4-6,8,10H,7H2,1-3H3. The van der Waals surface area contributed by atoms with E-state index in [2.05, 4.69) is 38.3 Å². The maximum atomic E-state index is 2.37. The van der Waals surface area contributed by atoms with Gasteiger partial charge in [-0.1, -0.05) is 32.1 Å². The number of thioether (sulfide) groups is 1. The number of allylic oxidation sites excluding steroid dienone is 3. The van der Waals surface area contributed by atoms with E-state index in [0.717, 1.165) is 5.25 Å². The quantitative estimate of drug-likeness (QED) is 0.610. The minimum Gasteiger partial charge on any atom is -0.158 e. The van der Waals surface area contributed by atoms with Gasteiger partial charge in [-0.3, -0.25) is 0 Å². The Balaban J connectivity index is 2.53. The van der Waals surface area contributed by atoms with Crippen molar-refractivity contribution in [1.29, 1.82) is 0 Å². The Morgan fingerprint density at radius 1 is 1.55 bits per heavy atom. The Morgan fingerprint density at radius 2 is 2.27 bits per heavy atom. The molecule has 62 valence electrons. The molecular weight excluding hydrogens is 152 g/mol. The predicted octanol–water partition coefficient (Wildman–Crippen LogP) is 3.26. The minimum atomic E-state index is 0.689. The molecule has 0 saturated carbocycles. The average Bonchev–Trinajstić information content (AvgIpc) is 2.05. The van der Waals surface area contributed by atoms with Gasteiger partial charge < -0.3 is 0 Å². The summed E-state index contributed by atoms with van der Waals surface area (Å²) in [6.07, 6.45) is 10.3. The number of hydrogen-bond acceptors (Lipinski definition) is 1. The highest BCUT2D eigenvalue weighted by Gasteiger charge is 2.08. The van der Waals surface area contributed by atoms with Gasteiger partial charge in [-0.2, -0.15) is 11.8 Å². The molecule has 0 amide bonds. The second-order valence-corrected chi connectivity index (χ2v) is 4.30. The van der Waals surface area contributed by atoms with Gasteiger partial charge in [-0.25, -0.2) is 0 Å². The summed E-state index contributed by atoms with van der Waals surface area (Å²) in [5.74, 6) is 0.689. The summed E-state index contributed by atoms with van der Waals surface area (Å²) in [5.41, 5.74) is 1.50. The highest BCUT2D eigenvalue weighted by Crippen LogP contribution is 2.23. The van der Waals surface area contributed by atoms with Crippen molar-refractivity contribution in [3.63, 3.8) is 0 Å². The van der Waals surface area contributed by atoms with E-state index in [-0.39, 0.29) is 0 Å². The lowest BCUT2D eigenvalue weighted by molar-refractivity contribution is 0.775. The lowest BCUT2D eigenvalue weighted by Gasteiger charge is -2.15. The molecule has 11 heavy (non-hydrogen) atoms. The van der Waals surface area contributed by atoms with Crippen molar-refractivity contribution in [2.75, 3.05) is 6.26 Å². The molecule has 0 bridgehead atoms. The Bertz CT molecular complexity index is 177. The van der Waals surface area contributed by atoms with Crippen LogP contribution in [0.2, 0.25) is 0 Å². The summed E-state index contributed by atoms with van der Waals surface area (Å²) in [7, 11) is 0. The van der Waals surface area contributed by atoms with Gasteiger partial charge in [0.1, 0.15) is 0 Å². The van der Waals surface area contributed by atoms with Crippen molar-refractivity contribution in [1.82, 2.24) is 0 Å². The SMILES string of the molecule is CSC1C=CC(C(C)C)=CC1. The first-order valence-corrected chi connectivity index (χ1v) is 5.44. The molecule has 1 heteroatoms. The molecule has 0 nitrogen and oxygen atoms in total. The molecule has 1 unspecified atom stereocenters. The fourth-order valence-corrected chi connectivity index (χ4v) is 1.74. The smallest absolute Gasteiger partial charge is 0.0262 e. The van der Waals surface area contributed by atoms with Crippen LogP contribution in [0.3, 0.4) is 0 Å². The molecule has 1 atom stereocenters. The van der Waals surface area contributed by atoms with E-state index >= 15 is 0 Å². The van der Waals surface area contributed by atoms with Crippen molar-refractivity contribution in [3.05, 3.63) is 23.8 Å². The van der Waals surface area contributed by atoms with Crippen molar-refractivity contribution < 1.29 is 0 Å². The van der Waals surface area contributed by atoms with Crippen LogP contribution in [-0.4, -0.2) is 11.5 Å². The summed E-state index contributed by atoms with van der Waals surface area (Å²) >= 11 is 1.93. The third-order valence-electron chi connectivity index (χ3n) is 2.06. The van der Waals surface area contributed by atoms with E-state index in [1.165, 1.54) is 12.0 Å². The van der Waals surface area contributed by atoms with Crippen molar-refractivity contribution >= 4 is 11.8 Å². The third-order valence-corrected chi connectivity index (χ3v) is 3.01. The molecule has 0 heterocycles. The van der Waals surface area contributed by atoms with E-state index in [9.17, 15) is 0 Å². The maximum Gasteiger partial charge on any atom is 0.0262 e. The summed E-state index contributed by atoms with van der Waals surface area (Å²) < 4.78 is 0. The molecular formula is C10H16S. The van der Waals surface area contributed by atoms with Gasteiger partial charge in [0.05, 0.1) is 0 Å². The van der Waals surface area contributed by atoms with Gasteiger partial charge in [0.15, 0.2) is 0 Å². The summed E-state index contributed by atoms with van der Waals surface area (Å²) in [4.78, 5) is 0. The monoisotopic (exact) mass is 168 g/mol. The maximum absolute atomic E-state index is 2.37. The predicted molar refractivity (Wildman–Crippen MR) is 54.0 cm³/mol. The molecule has 0 N–H and O–H groups in total. The van der Waals surface area contributed by atoms with Gasteiger partial charge in [0, 0.05) is 5.25 Å². The number of rotatable bonds is 2. The summed E-state index contributed by atoms with van der Waals surface area (Å²) in [6, 6.07) is 0. The van der Waals surface area contributed by atoms with Crippen LogP contribution in [0.5, 0.6) is 0 Å². The van der Waals surface area contributed by atoms with Crippen LogP contribution in [0.25, 0.3) is 0 Å². The Labute approximate surface area is 73.8 Å². The lowest BCUT2D eigenvalue weighted by Crippen LogP contribution is -2.03. The summed E-state index contributed by atoms with van der Waals surface area (Å²) in [5, 5.41) is 0.720. The first kappa shape index (κ1) is 8.92. The van der Waals surface area contributed by atoms with E-state index < -0.39 is 0 Å². The zero-order valence-electron chi connectivity index (χ0n) is 7.50. The lowest BCUT2D eigenvalue weighted by atomic mass is 9.97. The van der Waals surface area contributed by atoms with Crippen LogP contribution < -0.4 is 0 Å². The van der Waals surface area contributed by atoms with Crippen LogP contribution >= 0.6 is 11.8 Å². The fourth-order valence-electron chi connectivity index (χ4n) is 1.22. The number of hydrogen-bond donors (Lipinski definition) is 0. The molecule has 0 spiro atoms. The molecule has 1 aliphatic carbocycles. The average molecular weight is 168 g/mol. The van der Waals surface area contributed by atoms with Crippen LogP contribution in [-0.2, 0) is 0 Å². The van der Waals surface area contributed by atoms with E-state index in [1.807, 2.05) is 11.8 Å². The first-order valence-electron chi connectivity index (χ1n) is 4.15. The molecule has 0 aromatic carbocycles. The molecule has 1 rings (SSSR count). The molecule has 1 aliphatic rings. The van der Waals surface area contributed by atoms with Gasteiger partial charge in [-0.05, 0) is 24.2 Å². The molecule has 0 fully saturated rings. The van der Waals surface area contributed by atoms with Gasteiger partial charge >= 0.3 is 0 Å². The topological polar surface area (TPSA) is 0 Å². The molecule has 0 radical (unpaired) electrons. The van der Waals surface area contributed by atoms with Crippen LogP contribution in [0, 0.1) is 5.92 Å². The van der Waals surface area contributed by atoms with Crippen LogP contribution in [0.4, 0.5) is 0 Å². The second-order valence-electron chi connectivity index (χ2n) is 3.23. The first-order chi connectivity index (χ1) is 5.24. The third kappa shape index (κ3) is 2.41. The van der Waals surface area contributed by atoms with Crippen LogP contribution in [0.15, 0.2) is 23.8 Å². The fraction of sp³-hybridized carbons (Fsp3) is 0.600. The van der Waals surface area contributed by atoms with Gasteiger partial charge in [0.2, 0.25) is 0 Å². The van der Waals surface area contributed by atoms with Gasteiger partial charge in [-0.15, -0.1) is 0 Å². The minimum absolute atomic E-state index is 0.689. The van der Waals surface area contributed by atoms with Crippen LogP contribution in [0.1, 0.15) is 20.3 Å².